The number of benzene rings is 1. The summed E-state index contributed by atoms with van der Waals surface area (Å²) in [5.41, 5.74) is 0.450. The van der Waals surface area contributed by atoms with E-state index in [1.165, 1.54) is 12.3 Å². The lowest BCUT2D eigenvalue weighted by Crippen LogP contribution is -2.51. The van der Waals surface area contributed by atoms with E-state index in [-0.39, 0.29) is 29.9 Å². The normalized spacial score (nSPS) is 22.7. The topological polar surface area (TPSA) is 119 Å². The molecule has 6 rings (SSSR count). The molecule has 2 N–H and O–H groups in total. The number of carbonyl (C=O) groups is 1. The third kappa shape index (κ3) is 3.71. The van der Waals surface area contributed by atoms with Crippen molar-refractivity contribution in [1.82, 2.24) is 24.9 Å². The van der Waals surface area contributed by atoms with Crippen molar-refractivity contribution >= 4 is 11.8 Å². The van der Waals surface area contributed by atoms with Crippen LogP contribution in [0.25, 0.3) is 22.9 Å². The predicted octanol–water partition coefficient (Wildman–Crippen LogP) is 4.38. The van der Waals surface area contributed by atoms with E-state index in [1.807, 2.05) is 0 Å². The number of anilines is 1. The molecule has 3 unspecified atom stereocenters. The molecule has 3 atom stereocenters. The largest absolute Gasteiger partial charge is 0.479 e. The first-order valence-electron chi connectivity index (χ1n) is 11.7. The summed E-state index contributed by atoms with van der Waals surface area (Å²) in [6.45, 7) is 0.104. The molecule has 9 nitrogen and oxygen atoms in total. The maximum absolute atomic E-state index is 14.8. The molecule has 2 saturated carbocycles. The van der Waals surface area contributed by atoms with Crippen molar-refractivity contribution in [3.05, 3.63) is 66.1 Å². The first-order chi connectivity index (χ1) is 17.4. The summed E-state index contributed by atoms with van der Waals surface area (Å²) >= 11 is 0. The van der Waals surface area contributed by atoms with E-state index in [4.69, 9.17) is 4.52 Å². The number of hydrogen-bond donors (Lipinski definition) is 2. The van der Waals surface area contributed by atoms with Crippen LogP contribution in [0, 0.1) is 23.5 Å². The Morgan fingerprint density at radius 2 is 2.06 bits per heavy atom. The van der Waals surface area contributed by atoms with Crippen molar-refractivity contribution in [3.8, 4) is 22.9 Å². The van der Waals surface area contributed by atoms with Crippen molar-refractivity contribution in [2.75, 3.05) is 5.32 Å². The summed E-state index contributed by atoms with van der Waals surface area (Å²) in [5.74, 6) is -1.99. The zero-order valence-electron chi connectivity index (χ0n) is 19.1. The number of fused-ring (bicyclic) bond motifs is 2. The van der Waals surface area contributed by atoms with Crippen LogP contribution in [0.15, 0.2) is 53.4 Å². The smallest absolute Gasteiger partial charge is 0.329 e. The summed E-state index contributed by atoms with van der Waals surface area (Å²) in [6, 6.07) is 9.65. The molecule has 1 aromatic carbocycles. The lowest BCUT2D eigenvalue weighted by Gasteiger charge is -2.34. The van der Waals surface area contributed by atoms with E-state index in [0.717, 1.165) is 25.5 Å². The molecule has 4 aromatic rings. The molecule has 3 aromatic heterocycles. The first kappa shape index (κ1) is 22.3. The molecule has 0 saturated heterocycles. The third-order valence-corrected chi connectivity index (χ3v) is 7.30. The van der Waals surface area contributed by atoms with Gasteiger partial charge in [0.1, 0.15) is 29.0 Å². The highest BCUT2D eigenvalue weighted by atomic mass is 19.1. The number of rotatable bonds is 7. The minimum atomic E-state index is -1.26. The number of carboxylic acid groups (broad SMARTS) is 1. The molecule has 184 valence electrons. The summed E-state index contributed by atoms with van der Waals surface area (Å²) in [5, 5.41) is 21.5. The van der Waals surface area contributed by atoms with Gasteiger partial charge in [-0.2, -0.15) is 5.10 Å². The van der Waals surface area contributed by atoms with Crippen molar-refractivity contribution < 1.29 is 23.2 Å². The quantitative estimate of drug-likeness (QED) is 0.390. The van der Waals surface area contributed by atoms with Gasteiger partial charge in [-0.05, 0) is 49.7 Å². The molecule has 2 aliphatic rings. The zero-order valence-corrected chi connectivity index (χ0v) is 19.1. The fourth-order valence-electron chi connectivity index (χ4n) is 5.57. The molecule has 11 heteroatoms. The Morgan fingerprint density at radius 3 is 2.75 bits per heavy atom. The monoisotopic (exact) mass is 492 g/mol. The molecule has 3 heterocycles. The Kier molecular flexibility index (Phi) is 5.27. The number of aromatic nitrogens is 5. The van der Waals surface area contributed by atoms with Gasteiger partial charge >= 0.3 is 5.97 Å². The van der Waals surface area contributed by atoms with Gasteiger partial charge in [-0.3, -0.25) is 4.68 Å². The fraction of sp³-hybridized carbons (Fsp3) is 0.320. The predicted molar refractivity (Wildman–Crippen MR) is 124 cm³/mol. The third-order valence-electron chi connectivity index (χ3n) is 7.30. The lowest BCUT2D eigenvalue weighted by molar-refractivity contribution is -0.144. The summed E-state index contributed by atoms with van der Waals surface area (Å²) < 4.78 is 35.6. The van der Waals surface area contributed by atoms with E-state index in [2.05, 4.69) is 25.5 Å². The van der Waals surface area contributed by atoms with Crippen LogP contribution < -0.4 is 5.32 Å². The van der Waals surface area contributed by atoms with Crippen LogP contribution in [0.4, 0.5) is 14.6 Å². The number of aliphatic carboxylic acids is 1. The Bertz CT molecular complexity index is 1440. The van der Waals surface area contributed by atoms with Gasteiger partial charge < -0.3 is 14.9 Å². The Balaban J connectivity index is 1.38. The van der Waals surface area contributed by atoms with E-state index < -0.39 is 17.3 Å². The average Bonchev–Trinajstić information content (AvgIpc) is 3.66. The number of halogens is 2. The van der Waals surface area contributed by atoms with Crippen LogP contribution in [0.3, 0.4) is 0 Å². The van der Waals surface area contributed by atoms with E-state index >= 15 is 0 Å². The van der Waals surface area contributed by atoms with Crippen LogP contribution in [0.2, 0.25) is 0 Å². The molecule has 2 aliphatic carbocycles. The standard InChI is InChI=1S/C25H22F2N6O3/c26-17-4-2-1-3-15(17)13-33-21(19-7-8-36-32-19)10-20(31-33)23-28-12-18(27)22(29-23)30-25(24(34)35)11-14-5-6-16(25)9-14/h1-4,7-8,10,12,14,16H,5-6,9,11,13H2,(H,34,35)(H,28,29,30). The summed E-state index contributed by atoms with van der Waals surface area (Å²) in [6.07, 6.45) is 5.42. The minimum absolute atomic E-state index is 0.0865. The molecule has 36 heavy (non-hydrogen) atoms. The minimum Gasteiger partial charge on any atom is -0.479 e. The lowest BCUT2D eigenvalue weighted by atomic mass is 9.81. The van der Waals surface area contributed by atoms with Crippen LogP contribution in [-0.4, -0.2) is 41.5 Å². The van der Waals surface area contributed by atoms with Crippen molar-refractivity contribution in [2.45, 2.75) is 37.8 Å². The number of nitrogens with zero attached hydrogens (tertiary/aromatic N) is 5. The fourth-order valence-corrected chi connectivity index (χ4v) is 5.57. The number of nitrogens with one attached hydrogen (secondary N) is 1. The number of carboxylic acids is 1. The van der Waals surface area contributed by atoms with Gasteiger partial charge in [0.05, 0.1) is 18.4 Å². The second-order valence-corrected chi connectivity index (χ2v) is 9.42. The maximum Gasteiger partial charge on any atom is 0.329 e. The van der Waals surface area contributed by atoms with Gasteiger partial charge in [-0.25, -0.2) is 23.5 Å². The summed E-state index contributed by atoms with van der Waals surface area (Å²) in [7, 11) is 0. The molecule has 2 bridgehead atoms. The van der Waals surface area contributed by atoms with E-state index in [9.17, 15) is 18.7 Å². The molecule has 0 amide bonds. The highest BCUT2D eigenvalue weighted by Crippen LogP contribution is 2.52. The Morgan fingerprint density at radius 1 is 1.19 bits per heavy atom. The molecular weight excluding hydrogens is 470 g/mol. The molecule has 2 fully saturated rings. The second-order valence-electron chi connectivity index (χ2n) is 9.42. The van der Waals surface area contributed by atoms with Crippen LogP contribution in [0.5, 0.6) is 0 Å². The Hall–Kier alpha value is -4.15. The second kappa shape index (κ2) is 8.51. The van der Waals surface area contributed by atoms with Gasteiger partial charge in [0, 0.05) is 11.6 Å². The molecule has 0 radical (unpaired) electrons. The molecular formula is C25H22F2N6O3. The molecule has 0 spiro atoms. The van der Waals surface area contributed by atoms with Crippen molar-refractivity contribution in [2.24, 2.45) is 11.8 Å². The highest BCUT2D eigenvalue weighted by molar-refractivity contribution is 5.84. The van der Waals surface area contributed by atoms with Crippen LogP contribution in [-0.2, 0) is 11.3 Å². The zero-order chi connectivity index (χ0) is 24.9. The average molecular weight is 492 g/mol. The van der Waals surface area contributed by atoms with Gasteiger partial charge in [-0.15, -0.1) is 0 Å². The number of hydrogen-bond acceptors (Lipinski definition) is 7. The van der Waals surface area contributed by atoms with Crippen molar-refractivity contribution in [3.63, 3.8) is 0 Å². The molecule has 0 aliphatic heterocycles. The van der Waals surface area contributed by atoms with E-state index in [1.54, 1.807) is 35.0 Å². The first-order valence-corrected chi connectivity index (χ1v) is 11.7. The SMILES string of the molecule is O=C(O)C1(Nc2nc(-c3cc(-c4ccon4)n(Cc4ccccc4F)n3)ncc2F)CC2CCC1C2. The van der Waals surface area contributed by atoms with E-state index in [0.29, 0.717) is 35.0 Å². The van der Waals surface area contributed by atoms with Crippen LogP contribution in [0.1, 0.15) is 31.2 Å². The van der Waals surface area contributed by atoms with Gasteiger partial charge in [-0.1, -0.05) is 23.4 Å². The van der Waals surface area contributed by atoms with Gasteiger partial charge in [0.15, 0.2) is 17.5 Å². The highest BCUT2D eigenvalue weighted by Gasteiger charge is 2.56. The Labute approximate surface area is 204 Å². The van der Waals surface area contributed by atoms with Crippen LogP contribution >= 0.6 is 0 Å². The van der Waals surface area contributed by atoms with Gasteiger partial charge in [0.2, 0.25) is 0 Å². The summed E-state index contributed by atoms with van der Waals surface area (Å²) in [4.78, 5) is 20.7. The van der Waals surface area contributed by atoms with Crippen molar-refractivity contribution in [1.29, 1.82) is 0 Å². The van der Waals surface area contributed by atoms with Gasteiger partial charge in [0.25, 0.3) is 0 Å². The maximum atomic E-state index is 14.8.